The van der Waals surface area contributed by atoms with E-state index in [0.717, 1.165) is 11.0 Å². The number of benzene rings is 2. The maximum atomic E-state index is 12.7. The van der Waals surface area contributed by atoms with Crippen LogP contribution in [0.25, 0.3) is 21.9 Å². The first-order valence-electron chi connectivity index (χ1n) is 8.31. The van der Waals surface area contributed by atoms with E-state index < -0.39 is 11.3 Å². The molecule has 4 rings (SSSR count). The number of carbonyl (C=O) groups excluding carboxylic acids is 1. The molecule has 0 aliphatic heterocycles. The summed E-state index contributed by atoms with van der Waals surface area (Å²) < 4.78 is 3.40. The molecule has 7 nitrogen and oxygen atoms in total. The lowest BCUT2D eigenvalue weighted by Gasteiger charge is -2.09. The van der Waals surface area contributed by atoms with Crippen LogP contribution in [-0.2, 0) is 20.6 Å². The zero-order valence-electron chi connectivity index (χ0n) is 14.7. The molecule has 1 amide bonds. The summed E-state index contributed by atoms with van der Waals surface area (Å²) in [6.07, 6.45) is 0. The fourth-order valence-electron chi connectivity index (χ4n) is 3.09. The lowest BCUT2D eigenvalue weighted by Crippen LogP contribution is -2.32. The molecule has 2 heterocycles. The van der Waals surface area contributed by atoms with E-state index in [1.54, 1.807) is 25.2 Å². The standard InChI is InChI=1S/C19H16ClN5O2/c1-24-15-6-4-3-5-13(15)22-16(24)10-21-19(27)17-18(26)12-9-11(20)7-8-14(12)25(2)23-17/h3-9H,10H2,1-2H3,(H,21,27). The van der Waals surface area contributed by atoms with Crippen molar-refractivity contribution in [3.63, 3.8) is 0 Å². The molecule has 0 atom stereocenters. The molecule has 0 saturated carbocycles. The van der Waals surface area contributed by atoms with Gasteiger partial charge in [-0.15, -0.1) is 0 Å². The second-order valence-corrected chi connectivity index (χ2v) is 6.66. The Kier molecular flexibility index (Phi) is 4.16. The molecule has 0 spiro atoms. The summed E-state index contributed by atoms with van der Waals surface area (Å²) in [5, 5.41) is 7.65. The lowest BCUT2D eigenvalue weighted by atomic mass is 10.2. The number of nitrogens with zero attached hydrogens (tertiary/aromatic N) is 4. The number of aromatic nitrogens is 4. The number of aryl methyl sites for hydroxylation is 2. The second kappa shape index (κ2) is 6.51. The van der Waals surface area contributed by atoms with E-state index in [0.29, 0.717) is 21.7 Å². The summed E-state index contributed by atoms with van der Waals surface area (Å²) in [6, 6.07) is 12.6. The van der Waals surface area contributed by atoms with Crippen LogP contribution in [0.3, 0.4) is 0 Å². The summed E-state index contributed by atoms with van der Waals surface area (Å²) in [4.78, 5) is 29.8. The molecule has 0 bridgehead atoms. The van der Waals surface area contributed by atoms with E-state index in [1.807, 2.05) is 35.9 Å². The quantitative estimate of drug-likeness (QED) is 0.590. The van der Waals surface area contributed by atoms with Gasteiger partial charge in [0, 0.05) is 19.1 Å². The molecule has 0 saturated heterocycles. The molecular formula is C19H16ClN5O2. The van der Waals surface area contributed by atoms with Crippen LogP contribution in [0.5, 0.6) is 0 Å². The van der Waals surface area contributed by atoms with E-state index in [9.17, 15) is 9.59 Å². The zero-order chi connectivity index (χ0) is 19.1. The maximum absolute atomic E-state index is 12.7. The molecule has 136 valence electrons. The largest absolute Gasteiger partial charge is 0.343 e. The molecule has 8 heteroatoms. The molecule has 0 unspecified atom stereocenters. The number of hydrogen-bond donors (Lipinski definition) is 1. The number of hydrogen-bond acceptors (Lipinski definition) is 4. The molecule has 0 aliphatic carbocycles. The molecule has 0 aliphatic rings. The Morgan fingerprint density at radius 3 is 2.70 bits per heavy atom. The van der Waals surface area contributed by atoms with Crippen molar-refractivity contribution in [2.24, 2.45) is 14.1 Å². The fraction of sp³-hybridized carbons (Fsp3) is 0.158. The normalized spacial score (nSPS) is 11.2. The van der Waals surface area contributed by atoms with Gasteiger partial charge in [0.25, 0.3) is 5.91 Å². The molecule has 27 heavy (non-hydrogen) atoms. The van der Waals surface area contributed by atoms with E-state index in [4.69, 9.17) is 11.6 Å². The topological polar surface area (TPSA) is 81.8 Å². The Morgan fingerprint density at radius 2 is 1.93 bits per heavy atom. The summed E-state index contributed by atoms with van der Waals surface area (Å²) in [5.74, 6) is 0.134. The number of amides is 1. The van der Waals surface area contributed by atoms with Gasteiger partial charge in [-0.25, -0.2) is 4.98 Å². The smallest absolute Gasteiger partial charge is 0.276 e. The monoisotopic (exact) mass is 381 g/mol. The fourth-order valence-corrected chi connectivity index (χ4v) is 3.27. The van der Waals surface area contributed by atoms with Crippen LogP contribution in [0.15, 0.2) is 47.3 Å². The van der Waals surface area contributed by atoms with Gasteiger partial charge in [-0.05, 0) is 30.3 Å². The lowest BCUT2D eigenvalue weighted by molar-refractivity contribution is 0.0941. The van der Waals surface area contributed by atoms with E-state index in [1.165, 1.54) is 4.68 Å². The van der Waals surface area contributed by atoms with Crippen molar-refractivity contribution in [3.05, 3.63) is 69.2 Å². The van der Waals surface area contributed by atoms with E-state index in [2.05, 4.69) is 15.4 Å². The van der Waals surface area contributed by atoms with Gasteiger partial charge < -0.3 is 9.88 Å². The first kappa shape index (κ1) is 17.2. The van der Waals surface area contributed by atoms with Gasteiger partial charge in [0.1, 0.15) is 5.82 Å². The highest BCUT2D eigenvalue weighted by Crippen LogP contribution is 2.16. The minimum Gasteiger partial charge on any atom is -0.343 e. The molecule has 0 fully saturated rings. The first-order valence-corrected chi connectivity index (χ1v) is 8.68. The SMILES string of the molecule is Cn1nc(C(=O)NCc2nc3ccccc3n2C)c(=O)c2cc(Cl)ccc21. The van der Waals surface area contributed by atoms with Crippen LogP contribution < -0.4 is 10.7 Å². The summed E-state index contributed by atoms with van der Waals surface area (Å²) in [5.41, 5.74) is 1.80. The van der Waals surface area contributed by atoms with Crippen molar-refractivity contribution in [1.82, 2.24) is 24.6 Å². The Morgan fingerprint density at radius 1 is 1.15 bits per heavy atom. The molecule has 2 aromatic carbocycles. The molecule has 2 aromatic heterocycles. The van der Waals surface area contributed by atoms with Crippen molar-refractivity contribution >= 4 is 39.4 Å². The van der Waals surface area contributed by atoms with Gasteiger partial charge in [-0.2, -0.15) is 5.10 Å². The highest BCUT2D eigenvalue weighted by atomic mass is 35.5. The Labute approximate surface area is 159 Å². The van der Waals surface area contributed by atoms with Gasteiger partial charge in [0.05, 0.1) is 28.5 Å². The predicted octanol–water partition coefficient (Wildman–Crippen LogP) is 2.40. The van der Waals surface area contributed by atoms with Crippen molar-refractivity contribution < 1.29 is 4.79 Å². The van der Waals surface area contributed by atoms with E-state index >= 15 is 0 Å². The number of fused-ring (bicyclic) bond motifs is 2. The van der Waals surface area contributed by atoms with Crippen molar-refractivity contribution in [1.29, 1.82) is 0 Å². The third-order valence-electron chi connectivity index (χ3n) is 4.52. The summed E-state index contributed by atoms with van der Waals surface area (Å²) >= 11 is 5.99. The highest BCUT2D eigenvalue weighted by Gasteiger charge is 2.17. The minimum absolute atomic E-state index is 0.175. The van der Waals surface area contributed by atoms with Crippen LogP contribution in [0.4, 0.5) is 0 Å². The highest BCUT2D eigenvalue weighted by molar-refractivity contribution is 6.31. The van der Waals surface area contributed by atoms with Crippen LogP contribution in [0.1, 0.15) is 16.3 Å². The Balaban J connectivity index is 1.66. The third-order valence-corrected chi connectivity index (χ3v) is 4.75. The van der Waals surface area contributed by atoms with Gasteiger partial charge in [-0.1, -0.05) is 23.7 Å². The van der Waals surface area contributed by atoms with Crippen LogP contribution in [-0.4, -0.2) is 25.2 Å². The van der Waals surface area contributed by atoms with Crippen LogP contribution in [0, 0.1) is 0 Å². The Hall–Kier alpha value is -3.19. The van der Waals surface area contributed by atoms with Crippen molar-refractivity contribution in [3.8, 4) is 0 Å². The van der Waals surface area contributed by atoms with Crippen molar-refractivity contribution in [2.45, 2.75) is 6.54 Å². The predicted molar refractivity (Wildman–Crippen MR) is 104 cm³/mol. The van der Waals surface area contributed by atoms with Gasteiger partial charge in [0.15, 0.2) is 5.69 Å². The van der Waals surface area contributed by atoms with Crippen LogP contribution in [0.2, 0.25) is 5.02 Å². The number of rotatable bonds is 3. The number of para-hydroxylation sites is 2. The van der Waals surface area contributed by atoms with Crippen LogP contribution >= 0.6 is 11.6 Å². The van der Waals surface area contributed by atoms with Gasteiger partial charge in [0.2, 0.25) is 5.43 Å². The summed E-state index contributed by atoms with van der Waals surface area (Å²) in [7, 11) is 3.56. The number of halogens is 1. The average molecular weight is 382 g/mol. The average Bonchev–Trinajstić information content (AvgIpc) is 2.98. The number of carbonyl (C=O) groups is 1. The maximum Gasteiger partial charge on any atom is 0.276 e. The molecule has 4 aromatic rings. The van der Waals surface area contributed by atoms with Gasteiger partial charge >= 0.3 is 0 Å². The second-order valence-electron chi connectivity index (χ2n) is 6.22. The van der Waals surface area contributed by atoms with Crippen molar-refractivity contribution in [2.75, 3.05) is 0 Å². The minimum atomic E-state index is -0.551. The van der Waals surface area contributed by atoms with E-state index in [-0.39, 0.29) is 12.2 Å². The zero-order valence-corrected chi connectivity index (χ0v) is 15.5. The molecule has 0 radical (unpaired) electrons. The number of imidazole rings is 1. The number of nitrogens with one attached hydrogen (secondary N) is 1. The third kappa shape index (κ3) is 2.96. The molecule has 1 N–H and O–H groups in total. The Bertz CT molecular complexity index is 1260. The molecular weight excluding hydrogens is 366 g/mol. The van der Waals surface area contributed by atoms with Gasteiger partial charge in [-0.3, -0.25) is 14.3 Å². The summed E-state index contributed by atoms with van der Waals surface area (Å²) in [6.45, 7) is 0.183. The first-order chi connectivity index (χ1) is 13.0.